The Labute approximate surface area is 132 Å². The van der Waals surface area contributed by atoms with E-state index in [0.29, 0.717) is 10.6 Å². The van der Waals surface area contributed by atoms with Crippen LogP contribution in [-0.4, -0.2) is 17.7 Å². The van der Waals surface area contributed by atoms with Gasteiger partial charge in [-0.2, -0.15) is 0 Å². The van der Waals surface area contributed by atoms with Crippen molar-refractivity contribution in [1.29, 1.82) is 0 Å². The van der Waals surface area contributed by atoms with Gasteiger partial charge in [0.2, 0.25) is 0 Å². The van der Waals surface area contributed by atoms with Gasteiger partial charge in [0.25, 0.3) is 0 Å². The van der Waals surface area contributed by atoms with Crippen molar-refractivity contribution in [3.05, 3.63) is 34.6 Å². The monoisotopic (exact) mass is 313 g/mol. The first-order valence-electron chi connectivity index (χ1n) is 7.55. The third kappa shape index (κ3) is 3.58. The predicted molar refractivity (Wildman–Crippen MR) is 85.2 cm³/mol. The Hall–Kier alpha value is -0.640. The van der Waals surface area contributed by atoms with Crippen LogP contribution in [0.5, 0.6) is 0 Å². The molecule has 1 fully saturated rings. The minimum absolute atomic E-state index is 0.0796. The lowest BCUT2D eigenvalue weighted by Gasteiger charge is -2.34. The molecule has 1 saturated heterocycles. The molecule has 2 unspecified atom stereocenters. The molecule has 1 aliphatic rings. The predicted octanol–water partition coefficient (Wildman–Crippen LogP) is 4.72. The number of nitrogens with one attached hydrogen (secondary N) is 1. The molecule has 4 heteroatoms. The van der Waals surface area contributed by atoms with Crippen LogP contribution >= 0.6 is 11.6 Å². The maximum Gasteiger partial charge on any atom is 0.129 e. The van der Waals surface area contributed by atoms with Crippen LogP contribution < -0.4 is 5.32 Å². The lowest BCUT2D eigenvalue weighted by Crippen LogP contribution is -2.38. The molecule has 2 atom stereocenters. The molecule has 0 aliphatic carbocycles. The molecule has 0 aromatic heterocycles. The van der Waals surface area contributed by atoms with Crippen LogP contribution in [0, 0.1) is 11.7 Å². The van der Waals surface area contributed by atoms with E-state index < -0.39 is 0 Å². The Morgan fingerprint density at radius 1 is 1.38 bits per heavy atom. The van der Waals surface area contributed by atoms with Crippen molar-refractivity contribution in [2.45, 2.75) is 58.3 Å². The van der Waals surface area contributed by atoms with Crippen molar-refractivity contribution >= 4 is 11.6 Å². The van der Waals surface area contributed by atoms with Gasteiger partial charge in [-0.15, -0.1) is 0 Å². The zero-order chi connectivity index (χ0) is 15.8. The SMILES string of the molecule is CCNC(c1ccc(Cl)cc1F)C1CC(C)(C)OC1(C)C. The topological polar surface area (TPSA) is 21.3 Å². The van der Waals surface area contributed by atoms with Crippen molar-refractivity contribution < 1.29 is 9.13 Å². The zero-order valence-electron chi connectivity index (χ0n) is 13.5. The summed E-state index contributed by atoms with van der Waals surface area (Å²) in [6, 6.07) is 4.84. The smallest absolute Gasteiger partial charge is 0.129 e. The molecular formula is C17H25ClFNO. The summed E-state index contributed by atoms with van der Waals surface area (Å²) < 4.78 is 20.5. The van der Waals surface area contributed by atoms with Gasteiger partial charge in [0, 0.05) is 22.5 Å². The Kier molecular flexibility index (Phi) is 4.67. The van der Waals surface area contributed by atoms with Gasteiger partial charge >= 0.3 is 0 Å². The maximum atomic E-state index is 14.4. The van der Waals surface area contributed by atoms with E-state index in [9.17, 15) is 4.39 Å². The summed E-state index contributed by atoms with van der Waals surface area (Å²) in [4.78, 5) is 0. The Bertz CT molecular complexity index is 516. The maximum absolute atomic E-state index is 14.4. The van der Waals surface area contributed by atoms with Crippen molar-refractivity contribution in [3.63, 3.8) is 0 Å². The first-order chi connectivity index (χ1) is 9.66. The van der Waals surface area contributed by atoms with Gasteiger partial charge in [-0.3, -0.25) is 0 Å². The lowest BCUT2D eigenvalue weighted by atomic mass is 9.78. The number of benzene rings is 1. The average Bonchev–Trinajstić information content (AvgIpc) is 2.55. The van der Waals surface area contributed by atoms with Crippen LogP contribution in [0.25, 0.3) is 0 Å². The highest BCUT2D eigenvalue weighted by molar-refractivity contribution is 6.30. The van der Waals surface area contributed by atoms with Crippen molar-refractivity contribution in [3.8, 4) is 0 Å². The van der Waals surface area contributed by atoms with Gasteiger partial charge in [0.15, 0.2) is 0 Å². The third-order valence-corrected chi connectivity index (χ3v) is 4.50. The first-order valence-corrected chi connectivity index (χ1v) is 7.92. The van der Waals surface area contributed by atoms with Crippen molar-refractivity contribution in [2.24, 2.45) is 5.92 Å². The van der Waals surface area contributed by atoms with E-state index in [1.807, 2.05) is 6.92 Å². The molecule has 0 saturated carbocycles. The van der Waals surface area contributed by atoms with E-state index in [2.05, 4.69) is 33.0 Å². The van der Waals surface area contributed by atoms with Gasteiger partial charge < -0.3 is 10.1 Å². The molecule has 21 heavy (non-hydrogen) atoms. The van der Waals surface area contributed by atoms with Gasteiger partial charge in [0.1, 0.15) is 5.82 Å². The number of ether oxygens (including phenoxy) is 1. The summed E-state index contributed by atoms with van der Waals surface area (Å²) in [5.41, 5.74) is 0.174. The molecule has 1 N–H and O–H groups in total. The van der Waals surface area contributed by atoms with E-state index in [1.54, 1.807) is 12.1 Å². The highest BCUT2D eigenvalue weighted by Crippen LogP contribution is 2.48. The number of hydrogen-bond acceptors (Lipinski definition) is 2. The Morgan fingerprint density at radius 3 is 2.52 bits per heavy atom. The van der Waals surface area contributed by atoms with Crippen molar-refractivity contribution in [2.75, 3.05) is 6.54 Å². The van der Waals surface area contributed by atoms with Crippen molar-refractivity contribution in [1.82, 2.24) is 5.32 Å². The molecule has 2 rings (SSSR count). The molecule has 0 spiro atoms. The molecule has 0 radical (unpaired) electrons. The fourth-order valence-corrected chi connectivity index (χ4v) is 3.73. The minimum Gasteiger partial charge on any atom is -0.369 e. The number of rotatable bonds is 4. The van der Waals surface area contributed by atoms with Gasteiger partial charge in [0.05, 0.1) is 11.2 Å². The Balaban J connectivity index is 2.39. The second kappa shape index (κ2) is 5.86. The first kappa shape index (κ1) is 16.7. The van der Waals surface area contributed by atoms with Crippen LogP contribution in [0.15, 0.2) is 18.2 Å². The molecule has 0 bridgehead atoms. The van der Waals surface area contributed by atoms with Crippen LogP contribution in [0.4, 0.5) is 4.39 Å². The van der Waals surface area contributed by atoms with Crippen LogP contribution in [0.1, 0.15) is 52.6 Å². The van der Waals surface area contributed by atoms with E-state index >= 15 is 0 Å². The highest BCUT2D eigenvalue weighted by Gasteiger charge is 2.49. The van der Waals surface area contributed by atoms with Gasteiger partial charge in [-0.25, -0.2) is 4.39 Å². The number of halogens is 2. The second-order valence-corrected chi connectivity index (χ2v) is 7.41. The van der Waals surface area contributed by atoms with E-state index in [-0.39, 0.29) is 29.0 Å². The quantitative estimate of drug-likeness (QED) is 0.868. The summed E-state index contributed by atoms with van der Waals surface area (Å²) in [6.07, 6.45) is 0.889. The Morgan fingerprint density at radius 2 is 2.05 bits per heavy atom. The van der Waals surface area contributed by atoms with Crippen LogP contribution in [-0.2, 0) is 4.74 Å². The van der Waals surface area contributed by atoms with E-state index in [1.165, 1.54) is 6.07 Å². The highest BCUT2D eigenvalue weighted by atomic mass is 35.5. The molecule has 1 heterocycles. The fourth-order valence-electron chi connectivity index (χ4n) is 3.57. The van der Waals surface area contributed by atoms with Crippen LogP contribution in [0.2, 0.25) is 5.02 Å². The fraction of sp³-hybridized carbons (Fsp3) is 0.647. The molecule has 1 aromatic carbocycles. The molecule has 1 aliphatic heterocycles. The molecular weight excluding hydrogens is 289 g/mol. The lowest BCUT2D eigenvalue weighted by molar-refractivity contribution is -0.0779. The van der Waals surface area contributed by atoms with Crippen LogP contribution in [0.3, 0.4) is 0 Å². The normalized spacial score (nSPS) is 25.0. The van der Waals surface area contributed by atoms with Gasteiger partial charge in [-0.1, -0.05) is 24.6 Å². The molecule has 1 aromatic rings. The third-order valence-electron chi connectivity index (χ3n) is 4.27. The molecule has 2 nitrogen and oxygen atoms in total. The standard InChI is InChI=1S/C17H25ClFNO/c1-6-20-15(12-8-7-11(18)9-14(12)19)13-10-16(2,3)21-17(13,4)5/h7-9,13,15,20H,6,10H2,1-5H3. The summed E-state index contributed by atoms with van der Waals surface area (Å²) in [5.74, 6) is -0.0583. The van der Waals surface area contributed by atoms with Gasteiger partial charge in [-0.05, 0) is 52.8 Å². The molecule has 0 amide bonds. The summed E-state index contributed by atoms with van der Waals surface area (Å²) in [5, 5.41) is 3.86. The zero-order valence-corrected chi connectivity index (χ0v) is 14.2. The summed E-state index contributed by atoms with van der Waals surface area (Å²) in [7, 11) is 0. The second-order valence-electron chi connectivity index (χ2n) is 6.98. The number of hydrogen-bond donors (Lipinski definition) is 1. The molecule has 118 valence electrons. The average molecular weight is 314 g/mol. The minimum atomic E-state index is -0.303. The van der Waals surface area contributed by atoms with E-state index in [0.717, 1.165) is 13.0 Å². The van der Waals surface area contributed by atoms with E-state index in [4.69, 9.17) is 16.3 Å². The summed E-state index contributed by atoms with van der Waals surface area (Å²) in [6.45, 7) is 11.2. The largest absolute Gasteiger partial charge is 0.369 e. The summed E-state index contributed by atoms with van der Waals surface area (Å²) >= 11 is 5.87.